The van der Waals surface area contributed by atoms with Crippen LogP contribution in [0.25, 0.3) is 0 Å². The lowest BCUT2D eigenvalue weighted by atomic mass is 10.2. The van der Waals surface area contributed by atoms with Crippen LogP contribution in [0.3, 0.4) is 0 Å². The van der Waals surface area contributed by atoms with Crippen molar-refractivity contribution in [3.63, 3.8) is 0 Å². The third-order valence-corrected chi connectivity index (χ3v) is 3.00. The van der Waals surface area contributed by atoms with E-state index in [1.807, 2.05) is 19.1 Å². The predicted molar refractivity (Wildman–Crippen MR) is 64.5 cm³/mol. The summed E-state index contributed by atoms with van der Waals surface area (Å²) in [5, 5.41) is 2.94. The van der Waals surface area contributed by atoms with Crippen molar-refractivity contribution in [1.82, 2.24) is 10.3 Å². The molecule has 4 nitrogen and oxygen atoms in total. The second-order valence-electron chi connectivity index (χ2n) is 4.47. The van der Waals surface area contributed by atoms with Crippen molar-refractivity contribution < 1.29 is 9.53 Å². The maximum absolute atomic E-state index is 11.6. The van der Waals surface area contributed by atoms with Crippen LogP contribution in [-0.2, 0) is 11.3 Å². The van der Waals surface area contributed by atoms with Gasteiger partial charge in [-0.25, -0.2) is 4.98 Å². The van der Waals surface area contributed by atoms with Crippen LogP contribution in [0, 0.1) is 11.8 Å². The quantitative estimate of drug-likeness (QED) is 0.844. The second-order valence-corrected chi connectivity index (χ2v) is 4.47. The number of nitrogens with one attached hydrogen (secondary N) is 1. The summed E-state index contributed by atoms with van der Waals surface area (Å²) in [6.07, 6.45) is 2.72. The van der Waals surface area contributed by atoms with E-state index in [9.17, 15) is 4.79 Å². The summed E-state index contributed by atoms with van der Waals surface area (Å²) in [5.74, 6) is 1.54. The van der Waals surface area contributed by atoms with E-state index >= 15 is 0 Å². The summed E-state index contributed by atoms with van der Waals surface area (Å²) in [4.78, 5) is 15.7. The number of rotatable bonds is 5. The molecule has 92 valence electrons. The average Bonchev–Trinajstić information content (AvgIpc) is 3.04. The van der Waals surface area contributed by atoms with E-state index in [0.717, 1.165) is 12.0 Å². The fraction of sp³-hybridized carbons (Fsp3) is 0.538. The zero-order valence-corrected chi connectivity index (χ0v) is 10.3. The Labute approximate surface area is 101 Å². The van der Waals surface area contributed by atoms with Gasteiger partial charge in [0, 0.05) is 24.7 Å². The number of amides is 1. The maximum atomic E-state index is 11.6. The molecule has 4 heteroatoms. The van der Waals surface area contributed by atoms with Crippen molar-refractivity contribution in [3.8, 4) is 5.88 Å². The third-order valence-electron chi connectivity index (χ3n) is 3.00. The van der Waals surface area contributed by atoms with Gasteiger partial charge >= 0.3 is 0 Å². The van der Waals surface area contributed by atoms with Crippen LogP contribution in [-0.4, -0.2) is 17.5 Å². The molecule has 0 radical (unpaired) electrons. The monoisotopic (exact) mass is 234 g/mol. The summed E-state index contributed by atoms with van der Waals surface area (Å²) in [6, 6.07) is 3.75. The topological polar surface area (TPSA) is 51.2 Å². The molecule has 1 aromatic heterocycles. The molecule has 1 fully saturated rings. The van der Waals surface area contributed by atoms with Gasteiger partial charge in [0.05, 0.1) is 6.61 Å². The summed E-state index contributed by atoms with van der Waals surface area (Å²) in [6.45, 7) is 5.17. The second kappa shape index (κ2) is 5.17. The van der Waals surface area contributed by atoms with E-state index in [0.29, 0.717) is 24.9 Å². The molecule has 1 aliphatic carbocycles. The van der Waals surface area contributed by atoms with Crippen molar-refractivity contribution in [3.05, 3.63) is 23.9 Å². The highest BCUT2D eigenvalue weighted by molar-refractivity contribution is 5.81. The van der Waals surface area contributed by atoms with Gasteiger partial charge in [0.2, 0.25) is 11.8 Å². The number of hydrogen-bond donors (Lipinski definition) is 1. The Hall–Kier alpha value is -1.58. The number of carbonyl (C=O) groups is 1. The van der Waals surface area contributed by atoms with Gasteiger partial charge in [0.25, 0.3) is 0 Å². The van der Waals surface area contributed by atoms with Crippen molar-refractivity contribution in [2.75, 3.05) is 6.61 Å². The molecule has 1 saturated carbocycles. The molecule has 0 saturated heterocycles. The highest BCUT2D eigenvalue weighted by Crippen LogP contribution is 2.37. The molecule has 0 unspecified atom stereocenters. The first-order valence-corrected chi connectivity index (χ1v) is 6.06. The Balaban J connectivity index is 1.85. The van der Waals surface area contributed by atoms with Crippen molar-refractivity contribution in [2.24, 2.45) is 11.8 Å². The number of ether oxygens (including phenoxy) is 1. The minimum Gasteiger partial charge on any atom is -0.478 e. The molecule has 17 heavy (non-hydrogen) atoms. The van der Waals surface area contributed by atoms with Gasteiger partial charge in [0.15, 0.2) is 0 Å². The first kappa shape index (κ1) is 11.9. The largest absolute Gasteiger partial charge is 0.478 e. The Bertz CT molecular complexity index is 406. The molecule has 2 atom stereocenters. The SMILES string of the molecule is CCOc1cc(CNC(=O)[C@H]2C[C@H]2C)ccn1. The lowest BCUT2D eigenvalue weighted by Crippen LogP contribution is -2.24. The summed E-state index contributed by atoms with van der Waals surface area (Å²) in [5.41, 5.74) is 1.02. The van der Waals surface area contributed by atoms with Gasteiger partial charge in [-0.15, -0.1) is 0 Å². The molecule has 1 amide bonds. The molecule has 1 aromatic rings. The van der Waals surface area contributed by atoms with Gasteiger partial charge in [-0.2, -0.15) is 0 Å². The van der Waals surface area contributed by atoms with E-state index in [1.165, 1.54) is 0 Å². The molecule has 1 aliphatic rings. The maximum Gasteiger partial charge on any atom is 0.223 e. The van der Waals surface area contributed by atoms with Crippen molar-refractivity contribution in [1.29, 1.82) is 0 Å². The van der Waals surface area contributed by atoms with Crippen molar-refractivity contribution >= 4 is 5.91 Å². The van der Waals surface area contributed by atoms with Crippen LogP contribution in [0.15, 0.2) is 18.3 Å². The highest BCUT2D eigenvalue weighted by Gasteiger charge is 2.38. The Morgan fingerprint density at radius 2 is 2.41 bits per heavy atom. The molecule has 2 rings (SSSR count). The molecule has 0 aliphatic heterocycles. The minimum atomic E-state index is 0.160. The minimum absolute atomic E-state index is 0.160. The zero-order valence-electron chi connectivity index (χ0n) is 10.3. The number of nitrogens with zero attached hydrogens (tertiary/aromatic N) is 1. The number of hydrogen-bond acceptors (Lipinski definition) is 3. The van der Waals surface area contributed by atoms with Gasteiger partial charge < -0.3 is 10.1 Å². The lowest BCUT2D eigenvalue weighted by molar-refractivity contribution is -0.122. The molecule has 0 aromatic carbocycles. The van der Waals surface area contributed by atoms with E-state index < -0.39 is 0 Å². The number of aromatic nitrogens is 1. The van der Waals surface area contributed by atoms with Crippen LogP contribution in [0.5, 0.6) is 5.88 Å². The van der Waals surface area contributed by atoms with E-state index in [1.54, 1.807) is 6.20 Å². The summed E-state index contributed by atoms with van der Waals surface area (Å²) < 4.78 is 5.31. The summed E-state index contributed by atoms with van der Waals surface area (Å²) in [7, 11) is 0. The lowest BCUT2D eigenvalue weighted by Gasteiger charge is -2.06. The van der Waals surface area contributed by atoms with Crippen LogP contribution in [0.2, 0.25) is 0 Å². The smallest absolute Gasteiger partial charge is 0.223 e. The zero-order chi connectivity index (χ0) is 12.3. The standard InChI is InChI=1S/C13H18N2O2/c1-3-17-12-7-10(4-5-14-12)8-15-13(16)11-6-9(11)2/h4-5,7,9,11H,3,6,8H2,1-2H3,(H,15,16)/t9-,11+/m1/s1. The van der Waals surface area contributed by atoms with E-state index in [4.69, 9.17) is 4.74 Å². The van der Waals surface area contributed by atoms with E-state index in [-0.39, 0.29) is 11.8 Å². The Kier molecular flexibility index (Phi) is 3.61. The van der Waals surface area contributed by atoms with Crippen LogP contribution >= 0.6 is 0 Å². The average molecular weight is 234 g/mol. The van der Waals surface area contributed by atoms with Gasteiger partial charge in [-0.3, -0.25) is 4.79 Å². The normalized spacial score (nSPS) is 22.0. The third kappa shape index (κ3) is 3.19. The molecular formula is C13H18N2O2. The molecule has 0 spiro atoms. The van der Waals surface area contributed by atoms with Gasteiger partial charge in [0.1, 0.15) is 0 Å². The Morgan fingerprint density at radius 3 is 3.06 bits per heavy atom. The first-order valence-electron chi connectivity index (χ1n) is 6.06. The molecule has 0 bridgehead atoms. The Morgan fingerprint density at radius 1 is 1.65 bits per heavy atom. The van der Waals surface area contributed by atoms with Gasteiger partial charge in [-0.05, 0) is 30.9 Å². The van der Waals surface area contributed by atoms with Gasteiger partial charge in [-0.1, -0.05) is 6.92 Å². The van der Waals surface area contributed by atoms with Crippen molar-refractivity contribution in [2.45, 2.75) is 26.8 Å². The predicted octanol–water partition coefficient (Wildman–Crippen LogP) is 1.75. The highest BCUT2D eigenvalue weighted by atomic mass is 16.5. The fourth-order valence-corrected chi connectivity index (χ4v) is 1.79. The van der Waals surface area contributed by atoms with E-state index in [2.05, 4.69) is 17.2 Å². The van der Waals surface area contributed by atoms with Crippen LogP contribution < -0.4 is 10.1 Å². The summed E-state index contributed by atoms with van der Waals surface area (Å²) >= 11 is 0. The van der Waals surface area contributed by atoms with Crippen LogP contribution in [0.4, 0.5) is 0 Å². The fourth-order valence-electron chi connectivity index (χ4n) is 1.79. The number of pyridine rings is 1. The molecule has 1 N–H and O–H groups in total. The van der Waals surface area contributed by atoms with Crippen LogP contribution in [0.1, 0.15) is 25.8 Å². The first-order chi connectivity index (χ1) is 8.20. The molecular weight excluding hydrogens is 216 g/mol. The molecule has 1 heterocycles. The number of carbonyl (C=O) groups excluding carboxylic acids is 1.